The summed E-state index contributed by atoms with van der Waals surface area (Å²) in [5.74, 6) is -1.42. The van der Waals surface area contributed by atoms with E-state index < -0.39 is 22.0 Å². The Kier molecular flexibility index (Phi) is 2.84. The van der Waals surface area contributed by atoms with Crippen LogP contribution in [-0.4, -0.2) is 13.0 Å². The van der Waals surface area contributed by atoms with E-state index in [1.54, 1.807) is 0 Å². The van der Waals surface area contributed by atoms with Crippen LogP contribution in [-0.2, 0) is 10.4 Å². The van der Waals surface area contributed by atoms with Crippen molar-refractivity contribution in [3.8, 4) is 5.75 Å². The van der Waals surface area contributed by atoms with Crippen LogP contribution in [0, 0.1) is 5.82 Å². The quantitative estimate of drug-likeness (QED) is 0.601. The van der Waals surface area contributed by atoms with Crippen molar-refractivity contribution in [3.63, 3.8) is 0 Å². The van der Waals surface area contributed by atoms with Crippen LogP contribution in [0.3, 0.4) is 0 Å². The summed E-state index contributed by atoms with van der Waals surface area (Å²) in [5.41, 5.74) is 5.05. The maximum atomic E-state index is 12.8. The lowest BCUT2D eigenvalue weighted by atomic mass is 10.3. The molecule has 14 heavy (non-hydrogen) atoms. The molecule has 0 aromatic heterocycles. The zero-order valence-corrected chi connectivity index (χ0v) is 8.14. The number of nitrogen functional groups attached to an aromatic ring is 1. The first-order valence-electron chi connectivity index (χ1n) is 3.21. The van der Waals surface area contributed by atoms with Crippen molar-refractivity contribution in [3.05, 3.63) is 23.0 Å². The van der Waals surface area contributed by atoms with E-state index in [1.165, 1.54) is 0 Å². The van der Waals surface area contributed by atoms with E-state index in [2.05, 4.69) is 4.18 Å². The van der Waals surface area contributed by atoms with Gasteiger partial charge in [0.05, 0.1) is 10.7 Å². The highest BCUT2D eigenvalue weighted by Gasteiger charge is 2.13. The second kappa shape index (κ2) is 3.60. The Hall–Kier alpha value is -1.05. The second-order valence-electron chi connectivity index (χ2n) is 2.32. The molecule has 0 spiro atoms. The fourth-order valence-electron chi connectivity index (χ4n) is 0.730. The van der Waals surface area contributed by atoms with Gasteiger partial charge in [0.25, 0.3) is 0 Å². The van der Waals surface area contributed by atoms with E-state index in [1.807, 2.05) is 0 Å². The number of rotatable bonds is 2. The fraction of sp³-hybridized carbons (Fsp3) is 0. The van der Waals surface area contributed by atoms with Gasteiger partial charge in [0.15, 0.2) is 5.75 Å². The number of nitrogens with two attached hydrogens (primary N) is 1. The van der Waals surface area contributed by atoms with Crippen LogP contribution in [0.1, 0.15) is 0 Å². The minimum Gasteiger partial charge on any atom is -0.396 e. The average molecular weight is 242 g/mol. The molecular weight excluding hydrogens is 237 g/mol. The minimum absolute atomic E-state index is 0.200. The number of halogens is 2. The Morgan fingerprint density at radius 3 is 2.57 bits per heavy atom. The molecular formula is C6H5ClFNO4S. The summed E-state index contributed by atoms with van der Waals surface area (Å²) >= 11 is 5.33. The molecule has 1 aromatic rings. The zero-order chi connectivity index (χ0) is 10.9. The fourth-order valence-corrected chi connectivity index (χ4v) is 1.27. The van der Waals surface area contributed by atoms with Crippen LogP contribution in [0.5, 0.6) is 5.75 Å². The molecule has 0 heterocycles. The summed E-state index contributed by atoms with van der Waals surface area (Å²) in [6, 6.07) is 1.63. The summed E-state index contributed by atoms with van der Waals surface area (Å²) in [6.07, 6.45) is 0. The molecule has 3 N–H and O–H groups in total. The van der Waals surface area contributed by atoms with Gasteiger partial charge in [0.1, 0.15) is 5.82 Å². The van der Waals surface area contributed by atoms with E-state index in [0.717, 1.165) is 6.07 Å². The standard InChI is InChI=1S/C6H5ClFNO4S/c7-3-1-5(9)6(2-4(3)8)13-14(10,11)12/h1-2H,9H2,(H,10,11,12). The maximum absolute atomic E-state index is 12.8. The molecule has 0 aliphatic carbocycles. The van der Waals surface area contributed by atoms with Crippen LogP contribution in [0.15, 0.2) is 12.1 Å². The van der Waals surface area contributed by atoms with E-state index in [4.69, 9.17) is 21.9 Å². The van der Waals surface area contributed by atoms with Gasteiger partial charge in [-0.25, -0.2) is 4.39 Å². The van der Waals surface area contributed by atoms with Crippen molar-refractivity contribution in [1.29, 1.82) is 0 Å². The zero-order valence-electron chi connectivity index (χ0n) is 6.57. The second-order valence-corrected chi connectivity index (χ2v) is 3.74. The SMILES string of the molecule is Nc1cc(Cl)c(F)cc1OS(=O)(=O)O. The number of hydrogen-bond donors (Lipinski definition) is 2. The van der Waals surface area contributed by atoms with E-state index in [0.29, 0.717) is 6.07 Å². The third kappa shape index (κ3) is 2.72. The van der Waals surface area contributed by atoms with Gasteiger partial charge >= 0.3 is 10.4 Å². The molecule has 5 nitrogen and oxygen atoms in total. The Morgan fingerprint density at radius 2 is 2.07 bits per heavy atom. The predicted octanol–water partition coefficient (Wildman–Crippen LogP) is 1.24. The highest BCUT2D eigenvalue weighted by atomic mass is 35.5. The highest BCUT2D eigenvalue weighted by molar-refractivity contribution is 7.81. The molecule has 1 aromatic carbocycles. The summed E-state index contributed by atoms with van der Waals surface area (Å²) < 4.78 is 45.6. The van der Waals surface area contributed by atoms with Gasteiger partial charge in [-0.05, 0) is 6.07 Å². The molecule has 0 aliphatic rings. The summed E-state index contributed by atoms with van der Waals surface area (Å²) in [6.45, 7) is 0. The lowest BCUT2D eigenvalue weighted by Crippen LogP contribution is -2.08. The summed E-state index contributed by atoms with van der Waals surface area (Å²) in [5, 5.41) is -0.273. The first-order valence-corrected chi connectivity index (χ1v) is 4.95. The Balaban J connectivity index is 3.17. The average Bonchev–Trinajstić information content (AvgIpc) is 1.97. The van der Waals surface area contributed by atoms with Crippen LogP contribution in [0.25, 0.3) is 0 Å². The third-order valence-corrected chi connectivity index (χ3v) is 1.93. The smallest absolute Gasteiger partial charge is 0.396 e. The molecule has 1 rings (SSSR count). The molecule has 0 amide bonds. The molecule has 78 valence electrons. The van der Waals surface area contributed by atoms with Crippen molar-refractivity contribution in [2.75, 3.05) is 5.73 Å². The minimum atomic E-state index is -4.72. The van der Waals surface area contributed by atoms with Crippen LogP contribution >= 0.6 is 11.6 Å². The predicted molar refractivity (Wildman–Crippen MR) is 48.0 cm³/mol. The molecule has 0 fully saturated rings. The van der Waals surface area contributed by atoms with Crippen molar-refractivity contribution in [2.24, 2.45) is 0 Å². The van der Waals surface area contributed by atoms with Gasteiger partial charge in [-0.3, -0.25) is 4.55 Å². The molecule has 0 aliphatic heterocycles. The van der Waals surface area contributed by atoms with Gasteiger partial charge in [-0.15, -0.1) is 0 Å². The normalized spacial score (nSPS) is 11.4. The molecule has 0 unspecified atom stereocenters. The molecule has 0 bridgehead atoms. The van der Waals surface area contributed by atoms with Crippen LogP contribution < -0.4 is 9.92 Å². The monoisotopic (exact) mass is 241 g/mol. The summed E-state index contributed by atoms with van der Waals surface area (Å²) in [4.78, 5) is 0. The molecule has 0 saturated heterocycles. The Morgan fingerprint density at radius 1 is 1.50 bits per heavy atom. The number of anilines is 1. The van der Waals surface area contributed by atoms with Gasteiger partial charge < -0.3 is 9.92 Å². The molecule has 0 atom stereocenters. The van der Waals surface area contributed by atoms with Gasteiger partial charge in [-0.1, -0.05) is 11.6 Å². The van der Waals surface area contributed by atoms with Crippen molar-refractivity contribution < 1.29 is 21.5 Å². The van der Waals surface area contributed by atoms with Crippen molar-refractivity contribution in [2.45, 2.75) is 0 Å². The van der Waals surface area contributed by atoms with E-state index in [9.17, 15) is 12.8 Å². The van der Waals surface area contributed by atoms with Crippen LogP contribution in [0.4, 0.5) is 10.1 Å². The third-order valence-electron chi connectivity index (χ3n) is 1.25. The number of benzene rings is 1. The van der Waals surface area contributed by atoms with Gasteiger partial charge in [0, 0.05) is 6.07 Å². The van der Waals surface area contributed by atoms with Crippen molar-refractivity contribution >= 4 is 27.7 Å². The molecule has 0 saturated carbocycles. The largest absolute Gasteiger partial charge is 0.446 e. The molecule has 0 radical (unpaired) electrons. The Bertz CT molecular complexity index is 461. The maximum Gasteiger partial charge on any atom is 0.446 e. The lowest BCUT2D eigenvalue weighted by molar-refractivity contribution is 0.386. The lowest BCUT2D eigenvalue weighted by Gasteiger charge is -2.05. The number of hydrogen-bond acceptors (Lipinski definition) is 4. The molecule has 8 heteroatoms. The highest BCUT2D eigenvalue weighted by Crippen LogP contribution is 2.28. The van der Waals surface area contributed by atoms with E-state index >= 15 is 0 Å². The first kappa shape index (κ1) is 11.0. The van der Waals surface area contributed by atoms with Gasteiger partial charge in [-0.2, -0.15) is 8.42 Å². The van der Waals surface area contributed by atoms with Gasteiger partial charge in [0.2, 0.25) is 0 Å². The van der Waals surface area contributed by atoms with Crippen molar-refractivity contribution in [1.82, 2.24) is 0 Å². The van der Waals surface area contributed by atoms with E-state index in [-0.39, 0.29) is 10.7 Å². The summed E-state index contributed by atoms with van der Waals surface area (Å²) in [7, 11) is -4.72. The van der Waals surface area contributed by atoms with Crippen LogP contribution in [0.2, 0.25) is 5.02 Å². The first-order chi connectivity index (χ1) is 6.29. The topological polar surface area (TPSA) is 89.6 Å². The Labute approximate surface area is 84.2 Å².